The number of carbonyl (C=O) groups excluding carboxylic acids is 1. The van der Waals surface area contributed by atoms with Crippen LogP contribution in [0.15, 0.2) is 6.20 Å². The average molecular weight is 264 g/mol. The molecule has 0 bridgehead atoms. The number of nitrogen functional groups attached to an aromatic ring is 1. The normalized spacial score (nSPS) is 19.7. The summed E-state index contributed by atoms with van der Waals surface area (Å²) >= 11 is 0. The molecule has 0 aliphatic carbocycles. The molecule has 1 saturated heterocycles. The van der Waals surface area contributed by atoms with E-state index >= 15 is 0 Å². The Kier molecular flexibility index (Phi) is 4.45. The molecule has 19 heavy (non-hydrogen) atoms. The third kappa shape index (κ3) is 2.74. The summed E-state index contributed by atoms with van der Waals surface area (Å²) in [7, 11) is 0. The summed E-state index contributed by atoms with van der Waals surface area (Å²) in [6, 6.07) is 0.367. The summed E-state index contributed by atoms with van der Waals surface area (Å²) in [5, 5.41) is 4.17. The highest BCUT2D eigenvalue weighted by Gasteiger charge is 2.29. The Bertz CT molecular complexity index is 439. The molecule has 2 heterocycles. The molecule has 1 aliphatic heterocycles. The van der Waals surface area contributed by atoms with Gasteiger partial charge in [-0.05, 0) is 32.6 Å². The van der Waals surface area contributed by atoms with Crippen molar-refractivity contribution in [3.05, 3.63) is 11.9 Å². The summed E-state index contributed by atoms with van der Waals surface area (Å²) in [5.74, 6) is 0.0509. The molecule has 2 N–H and O–H groups in total. The number of likely N-dealkylation sites (tertiary alicyclic amines) is 1. The van der Waals surface area contributed by atoms with Crippen molar-refractivity contribution < 1.29 is 4.79 Å². The maximum Gasteiger partial charge on any atom is 0.274 e. The lowest BCUT2D eigenvalue weighted by Gasteiger charge is -2.35. The molecule has 1 fully saturated rings. The second-order valence-corrected chi connectivity index (χ2v) is 5.20. The van der Waals surface area contributed by atoms with Gasteiger partial charge >= 0.3 is 0 Å². The molecule has 2 rings (SSSR count). The molecule has 106 valence electrons. The van der Waals surface area contributed by atoms with Gasteiger partial charge in [-0.1, -0.05) is 13.3 Å². The topological polar surface area (TPSA) is 64.2 Å². The first-order chi connectivity index (χ1) is 9.19. The number of aryl methyl sites for hydroxylation is 1. The number of aromatic nitrogens is 2. The van der Waals surface area contributed by atoms with E-state index < -0.39 is 0 Å². The first-order valence-corrected chi connectivity index (χ1v) is 7.31. The maximum atomic E-state index is 12.7. The van der Waals surface area contributed by atoms with E-state index in [1.54, 1.807) is 10.9 Å². The van der Waals surface area contributed by atoms with Gasteiger partial charge in [0.2, 0.25) is 0 Å². The molecule has 0 spiro atoms. The van der Waals surface area contributed by atoms with Crippen LogP contribution in [0.4, 0.5) is 5.69 Å². The second kappa shape index (κ2) is 6.08. The van der Waals surface area contributed by atoms with E-state index in [4.69, 9.17) is 5.73 Å². The standard InChI is InChI=1S/C14H24N4O/c1-3-7-11-8-5-6-9-17(11)14(19)13-12(15)10-16-18(13)4-2/h10-11H,3-9,15H2,1-2H3. The van der Waals surface area contributed by atoms with E-state index in [9.17, 15) is 4.79 Å². The van der Waals surface area contributed by atoms with Crippen LogP contribution in [0, 0.1) is 0 Å². The third-order valence-corrected chi connectivity index (χ3v) is 3.88. The zero-order valence-electron chi connectivity index (χ0n) is 11.9. The van der Waals surface area contributed by atoms with Crippen molar-refractivity contribution in [2.75, 3.05) is 12.3 Å². The number of piperidine rings is 1. The zero-order valence-corrected chi connectivity index (χ0v) is 11.9. The Morgan fingerprint density at radius 3 is 2.95 bits per heavy atom. The molecule has 0 aromatic carbocycles. The van der Waals surface area contributed by atoms with Crippen LogP contribution >= 0.6 is 0 Å². The van der Waals surface area contributed by atoms with Gasteiger partial charge in [0, 0.05) is 19.1 Å². The van der Waals surface area contributed by atoms with Crippen LogP contribution in [0.1, 0.15) is 56.4 Å². The van der Waals surface area contributed by atoms with E-state index in [-0.39, 0.29) is 5.91 Å². The molecule has 5 nitrogen and oxygen atoms in total. The fourth-order valence-corrected chi connectivity index (χ4v) is 2.91. The Balaban J connectivity index is 2.23. The Labute approximate surface area is 114 Å². The van der Waals surface area contributed by atoms with Crippen LogP contribution in [-0.2, 0) is 6.54 Å². The first-order valence-electron chi connectivity index (χ1n) is 7.31. The van der Waals surface area contributed by atoms with Gasteiger partial charge in [-0.25, -0.2) is 0 Å². The molecule has 1 aromatic heterocycles. The number of rotatable bonds is 4. The fraction of sp³-hybridized carbons (Fsp3) is 0.714. The van der Waals surface area contributed by atoms with Crippen LogP contribution in [-0.4, -0.2) is 33.2 Å². The number of hydrogen-bond acceptors (Lipinski definition) is 3. The van der Waals surface area contributed by atoms with E-state index in [0.29, 0.717) is 24.0 Å². The predicted molar refractivity (Wildman–Crippen MR) is 75.9 cm³/mol. The van der Waals surface area contributed by atoms with Gasteiger partial charge in [-0.2, -0.15) is 5.10 Å². The van der Waals surface area contributed by atoms with Crippen molar-refractivity contribution in [1.29, 1.82) is 0 Å². The molecule has 1 unspecified atom stereocenters. The largest absolute Gasteiger partial charge is 0.396 e. The monoisotopic (exact) mass is 264 g/mol. The lowest BCUT2D eigenvalue weighted by Crippen LogP contribution is -2.44. The van der Waals surface area contributed by atoms with Crippen LogP contribution in [0.3, 0.4) is 0 Å². The first kappa shape index (κ1) is 13.9. The molecule has 0 radical (unpaired) electrons. The smallest absolute Gasteiger partial charge is 0.274 e. The minimum Gasteiger partial charge on any atom is -0.396 e. The summed E-state index contributed by atoms with van der Waals surface area (Å²) in [4.78, 5) is 14.7. The predicted octanol–water partition coefficient (Wildman–Crippen LogP) is 2.28. The summed E-state index contributed by atoms with van der Waals surface area (Å²) < 4.78 is 1.70. The SMILES string of the molecule is CCCC1CCCCN1C(=O)c1c(N)cnn1CC. The number of nitrogens with zero attached hydrogens (tertiary/aromatic N) is 3. The van der Waals surface area contributed by atoms with Gasteiger partial charge in [-0.15, -0.1) is 0 Å². The molecule has 1 amide bonds. The molecular formula is C14H24N4O. The lowest BCUT2D eigenvalue weighted by molar-refractivity contribution is 0.0589. The van der Waals surface area contributed by atoms with Gasteiger partial charge in [0.15, 0.2) is 0 Å². The van der Waals surface area contributed by atoms with Gasteiger partial charge in [0.25, 0.3) is 5.91 Å². The molecule has 1 aliphatic rings. The quantitative estimate of drug-likeness (QED) is 0.907. The molecule has 1 aromatic rings. The van der Waals surface area contributed by atoms with Crippen molar-refractivity contribution in [3.63, 3.8) is 0 Å². The Morgan fingerprint density at radius 2 is 2.26 bits per heavy atom. The minimum absolute atomic E-state index is 0.0509. The van der Waals surface area contributed by atoms with Crippen molar-refractivity contribution in [1.82, 2.24) is 14.7 Å². The highest BCUT2D eigenvalue weighted by atomic mass is 16.2. The summed E-state index contributed by atoms with van der Waals surface area (Å²) in [6.07, 6.45) is 7.18. The summed E-state index contributed by atoms with van der Waals surface area (Å²) in [6.45, 7) is 5.66. The van der Waals surface area contributed by atoms with E-state index in [1.165, 1.54) is 6.42 Å². The average Bonchev–Trinajstić information content (AvgIpc) is 2.80. The highest BCUT2D eigenvalue weighted by Crippen LogP contribution is 2.24. The Hall–Kier alpha value is -1.52. The maximum absolute atomic E-state index is 12.7. The van der Waals surface area contributed by atoms with Crippen LogP contribution in [0.25, 0.3) is 0 Å². The number of amides is 1. The van der Waals surface area contributed by atoms with Gasteiger partial charge in [0.1, 0.15) is 5.69 Å². The van der Waals surface area contributed by atoms with E-state index in [1.807, 2.05) is 11.8 Å². The van der Waals surface area contributed by atoms with Crippen molar-refractivity contribution in [3.8, 4) is 0 Å². The minimum atomic E-state index is 0.0509. The van der Waals surface area contributed by atoms with Crippen LogP contribution in [0.2, 0.25) is 0 Å². The highest BCUT2D eigenvalue weighted by molar-refractivity contribution is 5.97. The number of carbonyl (C=O) groups is 1. The molecule has 0 saturated carbocycles. The van der Waals surface area contributed by atoms with Crippen molar-refractivity contribution in [2.45, 2.75) is 58.5 Å². The van der Waals surface area contributed by atoms with Crippen molar-refractivity contribution in [2.24, 2.45) is 0 Å². The Morgan fingerprint density at radius 1 is 1.47 bits per heavy atom. The van der Waals surface area contributed by atoms with Gasteiger partial charge in [-0.3, -0.25) is 9.48 Å². The number of anilines is 1. The molecule has 1 atom stereocenters. The lowest BCUT2D eigenvalue weighted by atomic mass is 9.98. The van der Waals surface area contributed by atoms with E-state index in [2.05, 4.69) is 12.0 Å². The van der Waals surface area contributed by atoms with Gasteiger partial charge < -0.3 is 10.6 Å². The number of nitrogens with two attached hydrogens (primary N) is 1. The second-order valence-electron chi connectivity index (χ2n) is 5.20. The third-order valence-electron chi connectivity index (χ3n) is 3.88. The summed E-state index contributed by atoms with van der Waals surface area (Å²) in [5.41, 5.74) is 6.97. The molecule has 5 heteroatoms. The van der Waals surface area contributed by atoms with Crippen molar-refractivity contribution >= 4 is 11.6 Å². The van der Waals surface area contributed by atoms with Gasteiger partial charge in [0.05, 0.1) is 11.9 Å². The fourth-order valence-electron chi connectivity index (χ4n) is 2.91. The zero-order chi connectivity index (χ0) is 13.8. The van der Waals surface area contributed by atoms with E-state index in [0.717, 1.165) is 32.2 Å². The number of hydrogen-bond donors (Lipinski definition) is 1. The van der Waals surface area contributed by atoms with Crippen LogP contribution < -0.4 is 5.73 Å². The van der Waals surface area contributed by atoms with Crippen LogP contribution in [0.5, 0.6) is 0 Å². The molecular weight excluding hydrogens is 240 g/mol.